The first-order chi connectivity index (χ1) is 7.07. The molecule has 1 heterocycles. The zero-order valence-corrected chi connectivity index (χ0v) is 9.90. The molecule has 0 atom stereocenters. The van der Waals surface area contributed by atoms with Crippen LogP contribution in [0.1, 0.15) is 24.3 Å². The Kier molecular flexibility index (Phi) is 4.28. The third-order valence-corrected chi connectivity index (χ3v) is 3.05. The van der Waals surface area contributed by atoms with Crippen LogP contribution in [0.3, 0.4) is 0 Å². The highest BCUT2D eigenvalue weighted by Crippen LogP contribution is 2.15. The van der Waals surface area contributed by atoms with Crippen LogP contribution in [0.2, 0.25) is 0 Å². The lowest BCUT2D eigenvalue weighted by molar-refractivity contribution is 0.157. The maximum Gasteiger partial charge on any atom is 0.100 e. The summed E-state index contributed by atoms with van der Waals surface area (Å²) in [5.41, 5.74) is 0.633. The molecule has 1 rings (SSSR count). The lowest BCUT2D eigenvalue weighted by Gasteiger charge is -2.21. The Balaban J connectivity index is 2.35. The fourth-order valence-corrected chi connectivity index (χ4v) is 1.89. The summed E-state index contributed by atoms with van der Waals surface area (Å²) < 4.78 is 0. The second-order valence-electron chi connectivity index (χ2n) is 4.34. The van der Waals surface area contributed by atoms with Gasteiger partial charge in [-0.15, -0.1) is 11.3 Å². The highest BCUT2D eigenvalue weighted by molar-refractivity contribution is 7.10. The van der Waals surface area contributed by atoms with Crippen LogP contribution in [-0.2, 0) is 6.54 Å². The van der Waals surface area contributed by atoms with Crippen LogP contribution in [0, 0.1) is 16.7 Å². The van der Waals surface area contributed by atoms with E-state index >= 15 is 0 Å². The SMILES string of the molecule is CC(C)(CO)CNCc1cc(C#N)cs1. The molecule has 4 heteroatoms. The van der Waals surface area contributed by atoms with Gasteiger partial charge in [-0.25, -0.2) is 0 Å². The minimum atomic E-state index is -0.0880. The quantitative estimate of drug-likeness (QED) is 0.801. The van der Waals surface area contributed by atoms with Gasteiger partial charge in [0.15, 0.2) is 0 Å². The van der Waals surface area contributed by atoms with Crippen LogP contribution in [-0.4, -0.2) is 18.3 Å². The molecule has 15 heavy (non-hydrogen) atoms. The maximum absolute atomic E-state index is 9.05. The van der Waals surface area contributed by atoms with Crippen LogP contribution >= 0.6 is 11.3 Å². The van der Waals surface area contributed by atoms with E-state index in [2.05, 4.69) is 11.4 Å². The van der Waals surface area contributed by atoms with E-state index in [9.17, 15) is 0 Å². The summed E-state index contributed by atoms with van der Waals surface area (Å²) in [6.07, 6.45) is 0. The molecule has 0 fully saturated rings. The predicted molar refractivity (Wildman–Crippen MR) is 61.6 cm³/mol. The molecule has 0 unspecified atom stereocenters. The van der Waals surface area contributed by atoms with Gasteiger partial charge < -0.3 is 10.4 Å². The average Bonchev–Trinajstić information content (AvgIpc) is 2.66. The van der Waals surface area contributed by atoms with Crippen molar-refractivity contribution in [2.75, 3.05) is 13.2 Å². The van der Waals surface area contributed by atoms with E-state index in [1.807, 2.05) is 25.3 Å². The third-order valence-electron chi connectivity index (χ3n) is 2.11. The van der Waals surface area contributed by atoms with Crippen LogP contribution in [0.25, 0.3) is 0 Å². The highest BCUT2D eigenvalue weighted by atomic mass is 32.1. The second kappa shape index (κ2) is 5.26. The van der Waals surface area contributed by atoms with Gasteiger partial charge in [0.25, 0.3) is 0 Å². The number of rotatable bonds is 5. The van der Waals surface area contributed by atoms with Crippen molar-refractivity contribution in [2.45, 2.75) is 20.4 Å². The lowest BCUT2D eigenvalue weighted by atomic mass is 9.95. The first kappa shape index (κ1) is 12.2. The van der Waals surface area contributed by atoms with Gasteiger partial charge in [-0.1, -0.05) is 13.8 Å². The molecule has 0 bridgehead atoms. The molecule has 1 aromatic heterocycles. The Labute approximate surface area is 94.4 Å². The summed E-state index contributed by atoms with van der Waals surface area (Å²) in [5.74, 6) is 0. The molecule has 0 aromatic carbocycles. The first-order valence-electron chi connectivity index (χ1n) is 4.86. The van der Waals surface area contributed by atoms with Crippen molar-refractivity contribution in [1.29, 1.82) is 5.26 Å². The molecule has 0 aliphatic heterocycles. The largest absolute Gasteiger partial charge is 0.396 e. The van der Waals surface area contributed by atoms with Gasteiger partial charge in [0, 0.05) is 35.4 Å². The molecule has 0 saturated heterocycles. The van der Waals surface area contributed by atoms with E-state index < -0.39 is 0 Å². The number of nitrogens with one attached hydrogen (secondary N) is 1. The van der Waals surface area contributed by atoms with Crippen molar-refractivity contribution in [1.82, 2.24) is 5.32 Å². The van der Waals surface area contributed by atoms with Gasteiger partial charge in [-0.3, -0.25) is 0 Å². The standard InChI is InChI=1S/C11H16N2OS/c1-11(2,8-14)7-13-5-10-3-9(4-12)6-15-10/h3,6,13-14H,5,7-8H2,1-2H3. The molecule has 0 saturated carbocycles. The van der Waals surface area contributed by atoms with E-state index in [0.29, 0.717) is 0 Å². The van der Waals surface area contributed by atoms with E-state index in [0.717, 1.165) is 23.5 Å². The number of nitrogens with zero attached hydrogens (tertiary/aromatic N) is 1. The van der Waals surface area contributed by atoms with Crippen molar-refractivity contribution >= 4 is 11.3 Å². The summed E-state index contributed by atoms with van der Waals surface area (Å²) in [6, 6.07) is 4.00. The van der Waals surface area contributed by atoms with Crippen molar-refractivity contribution in [3.05, 3.63) is 21.9 Å². The van der Waals surface area contributed by atoms with Gasteiger partial charge >= 0.3 is 0 Å². The van der Waals surface area contributed by atoms with Crippen molar-refractivity contribution in [3.8, 4) is 6.07 Å². The minimum Gasteiger partial charge on any atom is -0.396 e. The van der Waals surface area contributed by atoms with Gasteiger partial charge in [0.1, 0.15) is 6.07 Å². The lowest BCUT2D eigenvalue weighted by Crippen LogP contribution is -2.31. The molecule has 0 amide bonds. The van der Waals surface area contributed by atoms with E-state index in [-0.39, 0.29) is 12.0 Å². The molecule has 2 N–H and O–H groups in total. The number of hydrogen-bond donors (Lipinski definition) is 2. The van der Waals surface area contributed by atoms with Gasteiger partial charge in [-0.2, -0.15) is 5.26 Å². The molecule has 3 nitrogen and oxygen atoms in total. The van der Waals surface area contributed by atoms with Crippen molar-refractivity contribution < 1.29 is 5.11 Å². The molecule has 82 valence electrons. The Morgan fingerprint density at radius 3 is 2.87 bits per heavy atom. The smallest absolute Gasteiger partial charge is 0.100 e. The number of aliphatic hydroxyl groups is 1. The third kappa shape index (κ3) is 4.00. The molecule has 0 spiro atoms. The van der Waals surface area contributed by atoms with Crippen LogP contribution in [0.4, 0.5) is 0 Å². The number of hydrogen-bond acceptors (Lipinski definition) is 4. The predicted octanol–water partition coefficient (Wildman–Crippen LogP) is 1.73. The first-order valence-corrected chi connectivity index (χ1v) is 5.74. The van der Waals surface area contributed by atoms with Crippen LogP contribution in [0.15, 0.2) is 11.4 Å². The van der Waals surface area contributed by atoms with Crippen molar-refractivity contribution in [3.63, 3.8) is 0 Å². The maximum atomic E-state index is 9.05. The summed E-state index contributed by atoms with van der Waals surface area (Å²) in [4.78, 5) is 1.15. The normalized spacial score (nSPS) is 11.3. The monoisotopic (exact) mass is 224 g/mol. The van der Waals surface area contributed by atoms with Gasteiger partial charge in [0.05, 0.1) is 5.56 Å². The molecule has 0 aliphatic carbocycles. The fourth-order valence-electron chi connectivity index (χ4n) is 1.11. The van der Waals surface area contributed by atoms with Crippen LogP contribution < -0.4 is 5.32 Å². The highest BCUT2D eigenvalue weighted by Gasteiger charge is 2.15. The Hall–Kier alpha value is -0.890. The molecular formula is C11H16N2OS. The van der Waals surface area contributed by atoms with Crippen LogP contribution in [0.5, 0.6) is 0 Å². The number of aliphatic hydroxyl groups excluding tert-OH is 1. The summed E-state index contributed by atoms with van der Waals surface area (Å²) in [7, 11) is 0. The Morgan fingerprint density at radius 2 is 2.33 bits per heavy atom. The Morgan fingerprint density at radius 1 is 1.60 bits per heavy atom. The fraction of sp³-hybridized carbons (Fsp3) is 0.545. The van der Waals surface area contributed by atoms with E-state index in [1.54, 1.807) is 11.3 Å². The summed E-state index contributed by atoms with van der Waals surface area (Å²) >= 11 is 1.58. The molecule has 1 aromatic rings. The van der Waals surface area contributed by atoms with E-state index in [1.165, 1.54) is 0 Å². The molecule has 0 aliphatic rings. The molecule has 0 radical (unpaired) electrons. The Bertz CT molecular complexity index is 352. The summed E-state index contributed by atoms with van der Waals surface area (Å²) in [6.45, 7) is 5.72. The zero-order valence-electron chi connectivity index (χ0n) is 9.08. The number of thiophene rings is 1. The average molecular weight is 224 g/mol. The van der Waals surface area contributed by atoms with Gasteiger partial charge in [-0.05, 0) is 6.07 Å². The second-order valence-corrected chi connectivity index (χ2v) is 5.34. The summed E-state index contributed by atoms with van der Waals surface area (Å²) in [5, 5.41) is 22.8. The topological polar surface area (TPSA) is 56.0 Å². The zero-order chi connectivity index (χ0) is 11.3. The van der Waals surface area contributed by atoms with E-state index in [4.69, 9.17) is 10.4 Å². The van der Waals surface area contributed by atoms with Gasteiger partial charge in [0.2, 0.25) is 0 Å². The minimum absolute atomic E-state index is 0.0880. The number of nitriles is 1. The van der Waals surface area contributed by atoms with Crippen molar-refractivity contribution in [2.24, 2.45) is 5.41 Å². The molecular weight excluding hydrogens is 208 g/mol.